The third-order valence-electron chi connectivity index (χ3n) is 3.47. The van der Waals surface area contributed by atoms with Crippen molar-refractivity contribution in [2.45, 2.75) is 32.6 Å². The van der Waals surface area contributed by atoms with Crippen LogP contribution in [-0.4, -0.2) is 28.5 Å². The fraction of sp³-hybridized carbons (Fsp3) is 0.615. The maximum atomic E-state index is 12.0. The molecule has 1 aromatic rings. The van der Waals surface area contributed by atoms with Gasteiger partial charge in [0.1, 0.15) is 0 Å². The summed E-state index contributed by atoms with van der Waals surface area (Å²) in [4.78, 5) is 27.3. The minimum atomic E-state index is -0.854. The van der Waals surface area contributed by atoms with Gasteiger partial charge in [-0.05, 0) is 19.8 Å². The number of hydrogen-bond acceptors (Lipinski definition) is 4. The molecule has 0 unspecified atom stereocenters. The number of carboxylic acid groups (broad SMARTS) is 1. The van der Waals surface area contributed by atoms with Crippen molar-refractivity contribution in [3.8, 4) is 0 Å². The average molecular weight is 282 g/mol. The van der Waals surface area contributed by atoms with Crippen LogP contribution in [0.5, 0.6) is 0 Å². The van der Waals surface area contributed by atoms with Crippen molar-refractivity contribution >= 4 is 23.2 Å². The van der Waals surface area contributed by atoms with Crippen LogP contribution >= 0.6 is 11.3 Å². The van der Waals surface area contributed by atoms with E-state index in [9.17, 15) is 9.59 Å². The fourth-order valence-electron chi connectivity index (χ4n) is 2.51. The summed E-state index contributed by atoms with van der Waals surface area (Å²) in [6, 6.07) is 0. The summed E-state index contributed by atoms with van der Waals surface area (Å²) in [6.45, 7) is 2.46. The van der Waals surface area contributed by atoms with E-state index in [-0.39, 0.29) is 11.8 Å². The lowest BCUT2D eigenvalue weighted by molar-refractivity contribution is -0.146. The summed E-state index contributed by atoms with van der Waals surface area (Å²) in [6.07, 6.45) is 2.81. The lowest BCUT2D eigenvalue weighted by Crippen LogP contribution is -2.36. The van der Waals surface area contributed by atoms with E-state index in [0.717, 1.165) is 17.1 Å². The van der Waals surface area contributed by atoms with Gasteiger partial charge in [-0.15, -0.1) is 11.3 Å². The van der Waals surface area contributed by atoms with Gasteiger partial charge in [0.2, 0.25) is 5.91 Å². The zero-order valence-electron chi connectivity index (χ0n) is 10.9. The van der Waals surface area contributed by atoms with Crippen LogP contribution in [0.25, 0.3) is 0 Å². The summed E-state index contributed by atoms with van der Waals surface area (Å²) in [7, 11) is 0. The van der Waals surface area contributed by atoms with Gasteiger partial charge in [-0.25, -0.2) is 4.98 Å². The zero-order chi connectivity index (χ0) is 13.8. The molecule has 19 heavy (non-hydrogen) atoms. The molecule has 0 bridgehead atoms. The molecule has 0 saturated heterocycles. The molecule has 0 aliphatic heterocycles. The van der Waals surface area contributed by atoms with E-state index < -0.39 is 11.9 Å². The number of nitrogens with one attached hydrogen (secondary N) is 1. The van der Waals surface area contributed by atoms with Crippen LogP contribution < -0.4 is 5.32 Å². The number of carbonyl (C=O) groups excluding carboxylic acids is 1. The molecule has 0 aromatic carbocycles. The Morgan fingerprint density at radius 2 is 2.21 bits per heavy atom. The van der Waals surface area contributed by atoms with E-state index in [4.69, 9.17) is 5.11 Å². The minimum Gasteiger partial charge on any atom is -0.481 e. The average Bonchev–Trinajstić information content (AvgIpc) is 2.97. The Labute approximate surface area is 116 Å². The molecule has 1 saturated carbocycles. The number of carbonyl (C=O) groups is 2. The van der Waals surface area contributed by atoms with Crippen LogP contribution in [-0.2, 0) is 16.0 Å². The van der Waals surface area contributed by atoms with E-state index in [2.05, 4.69) is 10.3 Å². The molecule has 5 nitrogen and oxygen atoms in total. The molecule has 1 heterocycles. The van der Waals surface area contributed by atoms with E-state index >= 15 is 0 Å². The molecular formula is C13H18N2O3S. The SMILES string of the molecule is Cc1csc(CCNC(=O)[C@@H]2CCC[C@@H]2C(=O)O)n1. The maximum absolute atomic E-state index is 12.0. The number of aryl methyl sites for hydroxylation is 1. The number of aliphatic carboxylic acids is 1. The van der Waals surface area contributed by atoms with Gasteiger partial charge < -0.3 is 10.4 Å². The molecule has 0 radical (unpaired) electrons. The molecule has 1 aliphatic rings. The maximum Gasteiger partial charge on any atom is 0.307 e. The standard InChI is InChI=1S/C13H18N2O3S/c1-8-7-19-11(15-8)5-6-14-12(16)9-3-2-4-10(9)13(17)18/h7,9-10H,2-6H2,1H3,(H,14,16)(H,17,18)/t9-,10+/m1/s1. The predicted octanol–water partition coefficient (Wildman–Crippen LogP) is 1.61. The van der Waals surface area contributed by atoms with Crippen molar-refractivity contribution < 1.29 is 14.7 Å². The van der Waals surface area contributed by atoms with Crippen molar-refractivity contribution in [1.29, 1.82) is 0 Å². The molecule has 2 atom stereocenters. The molecule has 1 fully saturated rings. The van der Waals surface area contributed by atoms with Crippen LogP contribution in [0.2, 0.25) is 0 Å². The van der Waals surface area contributed by atoms with Crippen LogP contribution in [0.1, 0.15) is 30.0 Å². The first-order valence-electron chi connectivity index (χ1n) is 6.49. The highest BCUT2D eigenvalue weighted by Gasteiger charge is 2.37. The van der Waals surface area contributed by atoms with Crippen LogP contribution in [0, 0.1) is 18.8 Å². The molecule has 2 N–H and O–H groups in total. The third kappa shape index (κ3) is 3.53. The molecule has 6 heteroatoms. The number of aromatic nitrogens is 1. The Hall–Kier alpha value is -1.43. The van der Waals surface area contributed by atoms with Crippen LogP contribution in [0.3, 0.4) is 0 Å². The van der Waals surface area contributed by atoms with Gasteiger partial charge in [0.05, 0.1) is 16.8 Å². The molecule has 2 rings (SSSR count). The van der Waals surface area contributed by atoms with Crippen molar-refractivity contribution in [3.05, 3.63) is 16.1 Å². The topological polar surface area (TPSA) is 79.3 Å². The molecule has 1 amide bonds. The van der Waals surface area contributed by atoms with Gasteiger partial charge in [0.15, 0.2) is 0 Å². The zero-order valence-corrected chi connectivity index (χ0v) is 11.7. The highest BCUT2D eigenvalue weighted by atomic mass is 32.1. The first kappa shape index (κ1) is 14.0. The van der Waals surface area contributed by atoms with Crippen LogP contribution in [0.4, 0.5) is 0 Å². The second-order valence-electron chi connectivity index (χ2n) is 4.91. The highest BCUT2D eigenvalue weighted by Crippen LogP contribution is 2.31. The summed E-state index contributed by atoms with van der Waals surface area (Å²) >= 11 is 1.58. The second kappa shape index (κ2) is 6.14. The van der Waals surface area contributed by atoms with E-state index in [1.54, 1.807) is 11.3 Å². The Kier molecular flexibility index (Phi) is 4.52. The Balaban J connectivity index is 1.79. The summed E-state index contributed by atoms with van der Waals surface area (Å²) < 4.78 is 0. The number of amides is 1. The Morgan fingerprint density at radius 1 is 1.47 bits per heavy atom. The lowest BCUT2D eigenvalue weighted by Gasteiger charge is -2.15. The number of nitrogens with zero attached hydrogens (tertiary/aromatic N) is 1. The number of hydrogen-bond donors (Lipinski definition) is 2. The quantitative estimate of drug-likeness (QED) is 0.860. The predicted molar refractivity (Wildman–Crippen MR) is 72.0 cm³/mol. The van der Waals surface area contributed by atoms with E-state index in [1.165, 1.54) is 0 Å². The highest BCUT2D eigenvalue weighted by molar-refractivity contribution is 7.09. The molecule has 1 aliphatic carbocycles. The fourth-order valence-corrected chi connectivity index (χ4v) is 3.29. The third-order valence-corrected chi connectivity index (χ3v) is 4.50. The van der Waals surface area contributed by atoms with Gasteiger partial charge in [-0.2, -0.15) is 0 Å². The largest absolute Gasteiger partial charge is 0.481 e. The summed E-state index contributed by atoms with van der Waals surface area (Å²) in [5.74, 6) is -1.86. The van der Waals surface area contributed by atoms with Gasteiger partial charge in [-0.3, -0.25) is 9.59 Å². The van der Waals surface area contributed by atoms with Gasteiger partial charge in [-0.1, -0.05) is 6.42 Å². The van der Waals surface area contributed by atoms with Crippen molar-refractivity contribution in [2.75, 3.05) is 6.54 Å². The normalized spacial score (nSPS) is 22.4. The molecule has 1 aromatic heterocycles. The van der Waals surface area contributed by atoms with Crippen molar-refractivity contribution in [3.63, 3.8) is 0 Å². The first-order valence-corrected chi connectivity index (χ1v) is 7.37. The van der Waals surface area contributed by atoms with Crippen molar-refractivity contribution in [1.82, 2.24) is 10.3 Å². The molecule has 104 valence electrons. The van der Waals surface area contributed by atoms with Gasteiger partial charge >= 0.3 is 5.97 Å². The van der Waals surface area contributed by atoms with Gasteiger partial charge in [0.25, 0.3) is 0 Å². The number of rotatable bonds is 5. The number of carboxylic acids is 1. The number of thiazole rings is 1. The second-order valence-corrected chi connectivity index (χ2v) is 5.85. The van der Waals surface area contributed by atoms with E-state index in [1.807, 2.05) is 12.3 Å². The molecular weight excluding hydrogens is 264 g/mol. The van der Waals surface area contributed by atoms with E-state index in [0.29, 0.717) is 25.8 Å². The van der Waals surface area contributed by atoms with Crippen LogP contribution in [0.15, 0.2) is 5.38 Å². The molecule has 0 spiro atoms. The smallest absolute Gasteiger partial charge is 0.307 e. The minimum absolute atomic E-state index is 0.127. The van der Waals surface area contributed by atoms with Crippen molar-refractivity contribution in [2.24, 2.45) is 11.8 Å². The summed E-state index contributed by atoms with van der Waals surface area (Å²) in [5.41, 5.74) is 0.994. The summed E-state index contributed by atoms with van der Waals surface area (Å²) in [5, 5.41) is 14.9. The van der Waals surface area contributed by atoms with Gasteiger partial charge in [0, 0.05) is 24.0 Å². The first-order chi connectivity index (χ1) is 9.08. The monoisotopic (exact) mass is 282 g/mol. The Bertz CT molecular complexity index is 472. The Morgan fingerprint density at radius 3 is 2.84 bits per heavy atom. The lowest BCUT2D eigenvalue weighted by atomic mass is 9.95.